The smallest absolute Gasteiger partial charge is 0.203 e. The van der Waals surface area contributed by atoms with E-state index in [9.17, 15) is 0 Å². The van der Waals surface area contributed by atoms with Gasteiger partial charge in [0.1, 0.15) is 0 Å². The van der Waals surface area contributed by atoms with Crippen LogP contribution in [0.15, 0.2) is 36.4 Å². The van der Waals surface area contributed by atoms with E-state index in [-0.39, 0.29) is 0 Å². The summed E-state index contributed by atoms with van der Waals surface area (Å²) in [7, 11) is 4.86. The maximum atomic E-state index is 5.38. The number of ether oxygens (including phenoxy) is 3. The monoisotopic (exact) mass is 272 g/mol. The summed E-state index contributed by atoms with van der Waals surface area (Å²) in [5.41, 5.74) is 3.49. The molecular formula is C17H20O3. The van der Waals surface area contributed by atoms with Crippen LogP contribution in [0.4, 0.5) is 0 Å². The van der Waals surface area contributed by atoms with E-state index in [2.05, 4.69) is 31.2 Å². The highest BCUT2D eigenvalue weighted by molar-refractivity contribution is 5.71. The molecule has 0 aliphatic rings. The van der Waals surface area contributed by atoms with Crippen LogP contribution in [0.2, 0.25) is 0 Å². The summed E-state index contributed by atoms with van der Waals surface area (Å²) in [6.07, 6.45) is 1.04. The zero-order chi connectivity index (χ0) is 14.5. The van der Waals surface area contributed by atoms with Gasteiger partial charge in [0, 0.05) is 0 Å². The molecule has 0 atom stereocenters. The Morgan fingerprint density at radius 2 is 1.30 bits per heavy atom. The van der Waals surface area contributed by atoms with Crippen molar-refractivity contribution in [3.05, 3.63) is 42.0 Å². The molecule has 2 aromatic rings. The van der Waals surface area contributed by atoms with Crippen LogP contribution in [-0.2, 0) is 6.42 Å². The third-order valence-corrected chi connectivity index (χ3v) is 3.36. The number of methoxy groups -OCH3 is 3. The molecule has 20 heavy (non-hydrogen) atoms. The van der Waals surface area contributed by atoms with Crippen LogP contribution in [-0.4, -0.2) is 21.3 Å². The molecule has 0 heterocycles. The Morgan fingerprint density at radius 1 is 0.750 bits per heavy atom. The maximum Gasteiger partial charge on any atom is 0.203 e. The molecule has 0 spiro atoms. The highest BCUT2D eigenvalue weighted by Gasteiger charge is 2.13. The van der Waals surface area contributed by atoms with E-state index in [1.54, 1.807) is 21.3 Å². The number of hydrogen-bond acceptors (Lipinski definition) is 3. The van der Waals surface area contributed by atoms with E-state index in [0.29, 0.717) is 17.2 Å². The number of rotatable bonds is 5. The van der Waals surface area contributed by atoms with Gasteiger partial charge in [-0.25, -0.2) is 0 Å². The molecule has 3 nitrogen and oxygen atoms in total. The van der Waals surface area contributed by atoms with Gasteiger partial charge in [0.05, 0.1) is 21.3 Å². The Morgan fingerprint density at radius 3 is 1.70 bits per heavy atom. The first-order valence-corrected chi connectivity index (χ1v) is 6.62. The van der Waals surface area contributed by atoms with Crippen molar-refractivity contribution in [1.82, 2.24) is 0 Å². The topological polar surface area (TPSA) is 27.7 Å². The lowest BCUT2D eigenvalue weighted by Gasteiger charge is -2.14. The van der Waals surface area contributed by atoms with Gasteiger partial charge in [-0.2, -0.15) is 0 Å². The maximum absolute atomic E-state index is 5.38. The van der Waals surface area contributed by atoms with Crippen molar-refractivity contribution >= 4 is 0 Å². The SMILES string of the molecule is CCc1ccc(-c2cc(OC)c(OC)c(OC)c2)cc1. The summed E-state index contributed by atoms with van der Waals surface area (Å²) < 4.78 is 16.1. The average Bonchev–Trinajstić information content (AvgIpc) is 2.53. The molecule has 0 saturated carbocycles. The molecule has 2 aromatic carbocycles. The predicted octanol–water partition coefficient (Wildman–Crippen LogP) is 3.94. The van der Waals surface area contributed by atoms with E-state index in [0.717, 1.165) is 17.5 Å². The molecule has 0 aliphatic carbocycles. The minimum absolute atomic E-state index is 0.615. The van der Waals surface area contributed by atoms with Gasteiger partial charge in [-0.3, -0.25) is 0 Å². The third-order valence-electron chi connectivity index (χ3n) is 3.36. The first kappa shape index (κ1) is 14.3. The van der Waals surface area contributed by atoms with Gasteiger partial charge in [0.25, 0.3) is 0 Å². The fourth-order valence-electron chi connectivity index (χ4n) is 2.18. The Kier molecular flexibility index (Phi) is 4.51. The highest BCUT2D eigenvalue weighted by Crippen LogP contribution is 2.41. The second-order valence-corrected chi connectivity index (χ2v) is 4.46. The van der Waals surface area contributed by atoms with E-state index in [1.807, 2.05) is 12.1 Å². The highest BCUT2D eigenvalue weighted by atomic mass is 16.5. The Balaban J connectivity index is 2.50. The van der Waals surface area contributed by atoms with E-state index in [1.165, 1.54) is 5.56 Å². The molecule has 0 aromatic heterocycles. The largest absolute Gasteiger partial charge is 0.493 e. The van der Waals surface area contributed by atoms with Crippen LogP contribution in [0.25, 0.3) is 11.1 Å². The fourth-order valence-corrected chi connectivity index (χ4v) is 2.18. The van der Waals surface area contributed by atoms with E-state index in [4.69, 9.17) is 14.2 Å². The lowest BCUT2D eigenvalue weighted by atomic mass is 10.0. The van der Waals surface area contributed by atoms with Crippen LogP contribution in [0.3, 0.4) is 0 Å². The van der Waals surface area contributed by atoms with Gasteiger partial charge < -0.3 is 14.2 Å². The second kappa shape index (κ2) is 6.33. The lowest BCUT2D eigenvalue weighted by Crippen LogP contribution is -1.95. The first-order chi connectivity index (χ1) is 9.73. The van der Waals surface area contributed by atoms with Gasteiger partial charge in [-0.05, 0) is 35.2 Å². The molecule has 0 unspecified atom stereocenters. The van der Waals surface area contributed by atoms with Gasteiger partial charge in [0.15, 0.2) is 11.5 Å². The van der Waals surface area contributed by atoms with Crippen LogP contribution in [0.5, 0.6) is 17.2 Å². The molecule has 0 N–H and O–H groups in total. The van der Waals surface area contributed by atoms with Crippen molar-refractivity contribution in [1.29, 1.82) is 0 Å². The quantitative estimate of drug-likeness (QED) is 0.825. The van der Waals surface area contributed by atoms with Crippen molar-refractivity contribution in [3.8, 4) is 28.4 Å². The number of benzene rings is 2. The van der Waals surface area contributed by atoms with Crippen LogP contribution < -0.4 is 14.2 Å². The summed E-state index contributed by atoms with van der Waals surface area (Å²) in [5.74, 6) is 1.95. The number of hydrogen-bond donors (Lipinski definition) is 0. The average molecular weight is 272 g/mol. The molecule has 0 radical (unpaired) electrons. The molecule has 106 valence electrons. The van der Waals surface area contributed by atoms with E-state index < -0.39 is 0 Å². The van der Waals surface area contributed by atoms with E-state index >= 15 is 0 Å². The zero-order valence-corrected chi connectivity index (χ0v) is 12.4. The van der Waals surface area contributed by atoms with Crippen LogP contribution in [0, 0.1) is 0 Å². The Hall–Kier alpha value is -2.16. The van der Waals surface area contributed by atoms with Gasteiger partial charge >= 0.3 is 0 Å². The molecule has 0 fully saturated rings. The molecule has 2 rings (SSSR count). The predicted molar refractivity (Wildman–Crippen MR) is 80.9 cm³/mol. The van der Waals surface area contributed by atoms with Crippen molar-refractivity contribution in [2.75, 3.05) is 21.3 Å². The van der Waals surface area contributed by atoms with Gasteiger partial charge in [-0.15, -0.1) is 0 Å². The molecule has 0 saturated heterocycles. The van der Waals surface area contributed by atoms with Crippen molar-refractivity contribution in [2.45, 2.75) is 13.3 Å². The Labute approximate surface area is 120 Å². The molecule has 3 heteroatoms. The molecular weight excluding hydrogens is 252 g/mol. The minimum atomic E-state index is 0.615. The minimum Gasteiger partial charge on any atom is -0.493 e. The number of aryl methyl sites for hydroxylation is 1. The van der Waals surface area contributed by atoms with Crippen LogP contribution in [0.1, 0.15) is 12.5 Å². The molecule has 0 aliphatic heterocycles. The third kappa shape index (κ3) is 2.72. The van der Waals surface area contributed by atoms with Crippen molar-refractivity contribution in [2.24, 2.45) is 0 Å². The summed E-state index contributed by atoms with van der Waals surface area (Å²) in [4.78, 5) is 0. The lowest BCUT2D eigenvalue weighted by molar-refractivity contribution is 0.324. The molecule has 0 amide bonds. The van der Waals surface area contributed by atoms with Crippen molar-refractivity contribution in [3.63, 3.8) is 0 Å². The summed E-state index contributed by atoms with van der Waals surface area (Å²) >= 11 is 0. The van der Waals surface area contributed by atoms with Gasteiger partial charge in [0.2, 0.25) is 5.75 Å². The Bertz CT molecular complexity index is 548. The normalized spacial score (nSPS) is 10.2. The second-order valence-electron chi connectivity index (χ2n) is 4.46. The first-order valence-electron chi connectivity index (χ1n) is 6.62. The fraction of sp³-hybridized carbons (Fsp3) is 0.294. The van der Waals surface area contributed by atoms with Crippen molar-refractivity contribution < 1.29 is 14.2 Å². The zero-order valence-electron chi connectivity index (χ0n) is 12.4. The summed E-state index contributed by atoms with van der Waals surface area (Å²) in [5, 5.41) is 0. The van der Waals surface area contributed by atoms with Crippen LogP contribution >= 0.6 is 0 Å². The summed E-state index contributed by atoms with van der Waals surface area (Å²) in [6, 6.07) is 12.4. The molecule has 0 bridgehead atoms. The summed E-state index contributed by atoms with van der Waals surface area (Å²) in [6.45, 7) is 2.15. The standard InChI is InChI=1S/C17H20O3/c1-5-12-6-8-13(9-7-12)14-10-15(18-2)17(20-4)16(11-14)19-3/h6-11H,5H2,1-4H3. The van der Waals surface area contributed by atoms with Gasteiger partial charge in [-0.1, -0.05) is 31.2 Å².